The summed E-state index contributed by atoms with van der Waals surface area (Å²) in [5.74, 6) is 3.69. The molecule has 0 radical (unpaired) electrons. The van der Waals surface area contributed by atoms with E-state index < -0.39 is 0 Å². The van der Waals surface area contributed by atoms with Gasteiger partial charge in [0.05, 0.1) is 0 Å². The van der Waals surface area contributed by atoms with Crippen molar-refractivity contribution in [3.8, 4) is 0 Å². The predicted molar refractivity (Wildman–Crippen MR) is 130 cm³/mol. The van der Waals surface area contributed by atoms with E-state index in [-0.39, 0.29) is 5.41 Å². The standard InChI is InChI=1S/C30H46O/c1-20(2)9-8-10-21(3)22-13-15-28(7)24-12-11-23-26(4,5)25(31)14-16-29(23)19-30(24,29)18-17-27(22,28)6/h8-9,21-24H,1,10-19H2,2-7H3/b9-8+/t21-,22+,23-,24?,27+,28-,29+,30+/m0/s1. The fraction of sp³-hybridized carbons (Fsp3) is 0.833. The summed E-state index contributed by atoms with van der Waals surface area (Å²) in [6.07, 6.45) is 17.7. The minimum absolute atomic E-state index is 0.0866. The smallest absolute Gasteiger partial charge is 0.138 e. The SMILES string of the molecule is C=C(C)/C=C/C[C@H](C)[C@H]1CC[C@@]2(C)C3CC[C@H]4C(C)(C)C(=O)CC[C@@]45C[C@]35CC[C@]12C. The third kappa shape index (κ3) is 2.59. The second kappa shape index (κ2) is 6.60. The Morgan fingerprint density at radius 3 is 2.39 bits per heavy atom. The lowest BCUT2D eigenvalue weighted by Gasteiger charge is -2.62. The van der Waals surface area contributed by atoms with E-state index in [1.54, 1.807) is 0 Å². The van der Waals surface area contributed by atoms with Gasteiger partial charge in [-0.15, -0.1) is 0 Å². The minimum atomic E-state index is -0.0866. The van der Waals surface area contributed by atoms with Gasteiger partial charge in [-0.3, -0.25) is 4.79 Å². The number of Topliss-reactive ketones (excluding diaryl/α,β-unsaturated/α-hetero) is 1. The number of carbonyl (C=O) groups excluding carboxylic acids is 1. The zero-order valence-electron chi connectivity index (χ0n) is 21.2. The minimum Gasteiger partial charge on any atom is -0.299 e. The molecule has 5 fully saturated rings. The molecule has 0 saturated heterocycles. The number of allylic oxidation sites excluding steroid dienone is 3. The van der Waals surface area contributed by atoms with Crippen molar-refractivity contribution >= 4 is 5.78 Å². The topological polar surface area (TPSA) is 17.1 Å². The molecule has 0 N–H and O–H groups in total. The van der Waals surface area contributed by atoms with Gasteiger partial charge in [-0.2, -0.15) is 0 Å². The van der Waals surface area contributed by atoms with Gasteiger partial charge >= 0.3 is 0 Å². The quantitative estimate of drug-likeness (QED) is 0.418. The summed E-state index contributed by atoms with van der Waals surface area (Å²) in [6.45, 7) is 18.6. The highest BCUT2D eigenvalue weighted by Crippen LogP contribution is 2.88. The Morgan fingerprint density at radius 2 is 1.68 bits per heavy atom. The first-order valence-electron chi connectivity index (χ1n) is 13.3. The Hall–Kier alpha value is -0.850. The van der Waals surface area contributed by atoms with Crippen molar-refractivity contribution in [2.24, 2.45) is 50.7 Å². The zero-order chi connectivity index (χ0) is 22.4. The molecule has 0 amide bonds. The van der Waals surface area contributed by atoms with Crippen LogP contribution in [0.4, 0.5) is 0 Å². The molecule has 2 spiro atoms. The van der Waals surface area contributed by atoms with Gasteiger partial charge in [-0.25, -0.2) is 0 Å². The van der Waals surface area contributed by atoms with Crippen molar-refractivity contribution in [3.63, 3.8) is 0 Å². The molecule has 8 atom stereocenters. The highest BCUT2D eigenvalue weighted by Gasteiger charge is 2.82. The number of carbonyl (C=O) groups is 1. The maximum Gasteiger partial charge on any atom is 0.138 e. The lowest BCUT2D eigenvalue weighted by Crippen LogP contribution is -2.57. The second-order valence-corrected chi connectivity index (χ2v) is 13.8. The fourth-order valence-electron chi connectivity index (χ4n) is 10.8. The first-order chi connectivity index (χ1) is 14.4. The summed E-state index contributed by atoms with van der Waals surface area (Å²) in [5, 5.41) is 0. The van der Waals surface area contributed by atoms with E-state index in [2.05, 4.69) is 60.3 Å². The molecule has 5 rings (SSSR count). The van der Waals surface area contributed by atoms with Crippen molar-refractivity contribution in [1.29, 1.82) is 0 Å². The number of hydrogen-bond donors (Lipinski definition) is 0. The second-order valence-electron chi connectivity index (χ2n) is 13.8. The molecule has 5 aliphatic rings. The summed E-state index contributed by atoms with van der Waals surface area (Å²) in [7, 11) is 0. The van der Waals surface area contributed by atoms with E-state index in [9.17, 15) is 4.79 Å². The number of hydrogen-bond acceptors (Lipinski definition) is 1. The maximum atomic E-state index is 12.8. The van der Waals surface area contributed by atoms with E-state index in [4.69, 9.17) is 0 Å². The molecule has 0 aliphatic heterocycles. The van der Waals surface area contributed by atoms with Crippen LogP contribution in [0.2, 0.25) is 0 Å². The van der Waals surface area contributed by atoms with Gasteiger partial charge in [0.1, 0.15) is 5.78 Å². The Labute approximate surface area is 191 Å². The number of fused-ring (bicyclic) bond motifs is 2. The van der Waals surface area contributed by atoms with Crippen molar-refractivity contribution in [2.75, 3.05) is 0 Å². The average molecular weight is 423 g/mol. The van der Waals surface area contributed by atoms with Crippen molar-refractivity contribution < 1.29 is 4.79 Å². The lowest BCUT2D eigenvalue weighted by molar-refractivity contribution is -0.156. The summed E-state index contributed by atoms with van der Waals surface area (Å²) >= 11 is 0. The van der Waals surface area contributed by atoms with E-state index in [1.165, 1.54) is 63.4 Å². The molecule has 5 saturated carbocycles. The van der Waals surface area contributed by atoms with Gasteiger partial charge in [0, 0.05) is 11.8 Å². The molecule has 1 nitrogen and oxygen atoms in total. The van der Waals surface area contributed by atoms with Crippen LogP contribution in [0.25, 0.3) is 0 Å². The molecule has 0 aromatic carbocycles. The van der Waals surface area contributed by atoms with Crippen LogP contribution in [0.15, 0.2) is 24.3 Å². The molecular formula is C30H46O. The molecule has 0 aromatic heterocycles. The number of rotatable bonds is 4. The summed E-state index contributed by atoms with van der Waals surface area (Å²) in [6, 6.07) is 0. The normalized spacial score (nSPS) is 50.9. The van der Waals surface area contributed by atoms with Gasteiger partial charge < -0.3 is 0 Å². The molecule has 1 heteroatoms. The molecule has 172 valence electrons. The Kier molecular flexibility index (Phi) is 4.68. The molecular weight excluding hydrogens is 376 g/mol. The van der Waals surface area contributed by atoms with Crippen LogP contribution >= 0.6 is 0 Å². The molecule has 0 aromatic rings. The monoisotopic (exact) mass is 422 g/mol. The van der Waals surface area contributed by atoms with Crippen LogP contribution < -0.4 is 0 Å². The largest absolute Gasteiger partial charge is 0.299 e. The van der Waals surface area contributed by atoms with Crippen molar-refractivity contribution in [1.82, 2.24) is 0 Å². The number of ketones is 1. The van der Waals surface area contributed by atoms with Crippen LogP contribution in [-0.2, 0) is 4.79 Å². The van der Waals surface area contributed by atoms with Gasteiger partial charge in [0.2, 0.25) is 0 Å². The summed E-state index contributed by atoms with van der Waals surface area (Å²) in [4.78, 5) is 12.8. The molecule has 5 aliphatic carbocycles. The summed E-state index contributed by atoms with van der Waals surface area (Å²) < 4.78 is 0. The van der Waals surface area contributed by atoms with Crippen LogP contribution in [0.3, 0.4) is 0 Å². The van der Waals surface area contributed by atoms with E-state index in [0.29, 0.717) is 33.4 Å². The van der Waals surface area contributed by atoms with Crippen LogP contribution in [0.1, 0.15) is 106 Å². The highest BCUT2D eigenvalue weighted by atomic mass is 16.1. The van der Waals surface area contributed by atoms with Crippen LogP contribution in [0.5, 0.6) is 0 Å². The first kappa shape index (κ1) is 22.0. The molecule has 1 unspecified atom stereocenters. The third-order valence-electron chi connectivity index (χ3n) is 12.5. The third-order valence-corrected chi connectivity index (χ3v) is 12.5. The van der Waals surface area contributed by atoms with Crippen molar-refractivity contribution in [3.05, 3.63) is 24.3 Å². The van der Waals surface area contributed by atoms with Gasteiger partial charge in [-0.1, -0.05) is 58.9 Å². The van der Waals surface area contributed by atoms with E-state index >= 15 is 0 Å². The Morgan fingerprint density at radius 1 is 1.00 bits per heavy atom. The fourth-order valence-corrected chi connectivity index (χ4v) is 10.8. The molecule has 31 heavy (non-hydrogen) atoms. The van der Waals surface area contributed by atoms with Gasteiger partial charge in [0.15, 0.2) is 0 Å². The van der Waals surface area contributed by atoms with E-state index in [1.807, 2.05) is 0 Å². The average Bonchev–Trinajstić information content (AvgIpc) is 3.27. The first-order valence-corrected chi connectivity index (χ1v) is 13.3. The zero-order valence-corrected chi connectivity index (χ0v) is 21.2. The van der Waals surface area contributed by atoms with Gasteiger partial charge in [0.25, 0.3) is 0 Å². The molecule has 0 heterocycles. The van der Waals surface area contributed by atoms with Crippen molar-refractivity contribution in [2.45, 2.75) is 106 Å². The summed E-state index contributed by atoms with van der Waals surface area (Å²) in [5.41, 5.74) is 3.12. The predicted octanol–water partition coefficient (Wildman–Crippen LogP) is 8.15. The Bertz CT molecular complexity index is 833. The van der Waals surface area contributed by atoms with Crippen LogP contribution in [0, 0.1) is 50.7 Å². The van der Waals surface area contributed by atoms with Crippen LogP contribution in [-0.4, -0.2) is 5.78 Å². The Balaban J connectivity index is 1.43. The highest BCUT2D eigenvalue weighted by molar-refractivity contribution is 5.86. The molecule has 0 bridgehead atoms. The van der Waals surface area contributed by atoms with Gasteiger partial charge in [-0.05, 0) is 110 Å². The maximum absolute atomic E-state index is 12.8. The van der Waals surface area contributed by atoms with E-state index in [0.717, 1.165) is 24.2 Å². The lowest BCUT2D eigenvalue weighted by atomic mass is 9.42.